The molecule has 0 heterocycles. The van der Waals surface area contributed by atoms with Crippen LogP contribution in [0.15, 0.2) is 171 Å². The van der Waals surface area contributed by atoms with Crippen LogP contribution in [0.1, 0.15) is 26.3 Å². The molecule has 0 unspecified atom stereocenters. The van der Waals surface area contributed by atoms with Crippen molar-refractivity contribution in [1.82, 2.24) is 0 Å². The van der Waals surface area contributed by atoms with E-state index in [2.05, 4.69) is 122 Å². The van der Waals surface area contributed by atoms with E-state index in [0.717, 1.165) is 17.1 Å². The summed E-state index contributed by atoms with van der Waals surface area (Å²) in [6.07, 6.45) is 1.14. The standard InChI is InChI=1S/C14H14S.C12H10S2.C6H6S.C4H9O.K/c1-3-7-13(8-4-1)11-12-15-14-9-5-2-6-10-14;1-3-7-11(8-4-1)13-14-12-9-5-2-6-10-12;7-6-4-2-1-3-5-6;1-4(2,3)5;/h1-10H,11-12H2;1-10H;1-5,7H;1-3H3;/q;;;-1;+1. The van der Waals surface area contributed by atoms with Crippen LogP contribution < -0.4 is 56.5 Å². The zero-order valence-electron chi connectivity index (χ0n) is 24.9. The van der Waals surface area contributed by atoms with Gasteiger partial charge in [0.2, 0.25) is 0 Å². The maximum absolute atomic E-state index is 10.1. The van der Waals surface area contributed by atoms with Crippen molar-refractivity contribution in [3.8, 4) is 0 Å². The van der Waals surface area contributed by atoms with Crippen molar-refractivity contribution in [2.45, 2.75) is 52.4 Å². The van der Waals surface area contributed by atoms with Crippen molar-refractivity contribution >= 4 is 46.0 Å². The zero-order valence-corrected chi connectivity index (χ0v) is 31.4. The molecule has 0 aliphatic rings. The Kier molecular flexibility index (Phi) is 22.7. The molecule has 0 fully saturated rings. The third-order valence-corrected chi connectivity index (χ3v) is 8.45. The number of aryl methyl sites for hydroxylation is 1. The summed E-state index contributed by atoms with van der Waals surface area (Å²) in [5.41, 5.74) is 0.668. The first kappa shape index (κ1) is 39.1. The molecule has 0 spiro atoms. The van der Waals surface area contributed by atoms with Gasteiger partial charge in [0.1, 0.15) is 0 Å². The van der Waals surface area contributed by atoms with Gasteiger partial charge >= 0.3 is 51.4 Å². The molecule has 0 aliphatic heterocycles. The first-order valence-corrected chi connectivity index (χ1v) is 17.0. The monoisotopic (exact) mass is 654 g/mol. The number of hydrogen-bond acceptors (Lipinski definition) is 5. The van der Waals surface area contributed by atoms with E-state index in [-0.39, 0.29) is 51.4 Å². The average molecular weight is 655 g/mol. The molecule has 0 radical (unpaired) electrons. The van der Waals surface area contributed by atoms with Crippen LogP contribution in [0.5, 0.6) is 0 Å². The van der Waals surface area contributed by atoms with Crippen LogP contribution in [0.2, 0.25) is 0 Å². The number of hydrogen-bond donors (Lipinski definition) is 1. The van der Waals surface area contributed by atoms with Gasteiger partial charge in [0, 0.05) is 25.3 Å². The first-order chi connectivity index (χ1) is 19.8. The van der Waals surface area contributed by atoms with E-state index in [9.17, 15) is 5.11 Å². The fourth-order valence-electron chi connectivity index (χ4n) is 2.92. The van der Waals surface area contributed by atoms with Gasteiger partial charge in [0.15, 0.2) is 0 Å². The smallest absolute Gasteiger partial charge is 0.850 e. The molecule has 0 saturated carbocycles. The molecule has 214 valence electrons. The van der Waals surface area contributed by atoms with Crippen molar-refractivity contribution < 1.29 is 56.5 Å². The second-order valence-corrected chi connectivity index (χ2v) is 13.6. The number of benzene rings is 5. The van der Waals surface area contributed by atoms with Crippen molar-refractivity contribution in [1.29, 1.82) is 0 Å². The fourth-order valence-corrected chi connectivity index (χ4v) is 5.99. The Morgan fingerprint density at radius 1 is 0.524 bits per heavy atom. The van der Waals surface area contributed by atoms with Crippen LogP contribution in [-0.4, -0.2) is 11.4 Å². The van der Waals surface area contributed by atoms with Gasteiger partial charge in [-0.15, -0.1) is 30.0 Å². The van der Waals surface area contributed by atoms with Gasteiger partial charge < -0.3 is 5.11 Å². The summed E-state index contributed by atoms with van der Waals surface area (Å²) in [6, 6.07) is 51.8. The molecule has 1 nitrogen and oxygen atoms in total. The summed E-state index contributed by atoms with van der Waals surface area (Å²) in [4.78, 5) is 4.96. The Balaban J connectivity index is 0.000000302. The van der Waals surface area contributed by atoms with Gasteiger partial charge in [-0.3, -0.25) is 0 Å². The molecule has 5 rings (SSSR count). The molecule has 0 atom stereocenters. The topological polar surface area (TPSA) is 23.1 Å². The van der Waals surface area contributed by atoms with E-state index in [1.165, 1.54) is 20.2 Å². The predicted molar refractivity (Wildman–Crippen MR) is 185 cm³/mol. The third-order valence-electron chi connectivity index (χ3n) is 4.72. The Bertz CT molecular complexity index is 1200. The molecule has 0 aromatic heterocycles. The van der Waals surface area contributed by atoms with Crippen LogP contribution in [0.25, 0.3) is 0 Å². The maximum atomic E-state index is 10.1. The van der Waals surface area contributed by atoms with E-state index >= 15 is 0 Å². The second-order valence-electron chi connectivity index (χ2n) is 9.64. The van der Waals surface area contributed by atoms with Crippen LogP contribution in [-0.2, 0) is 6.42 Å². The average Bonchev–Trinajstić information content (AvgIpc) is 2.99. The number of rotatable bonds is 7. The van der Waals surface area contributed by atoms with Crippen molar-refractivity contribution in [2.75, 3.05) is 5.75 Å². The molecule has 42 heavy (non-hydrogen) atoms. The van der Waals surface area contributed by atoms with Crippen LogP contribution >= 0.6 is 46.0 Å². The molecule has 0 amide bonds. The van der Waals surface area contributed by atoms with E-state index in [1.54, 1.807) is 42.4 Å². The minimum absolute atomic E-state index is 0. The predicted octanol–water partition coefficient (Wildman–Crippen LogP) is 7.63. The van der Waals surface area contributed by atoms with Gasteiger partial charge in [0.05, 0.1) is 0 Å². The van der Waals surface area contributed by atoms with Crippen molar-refractivity contribution in [3.05, 3.63) is 157 Å². The van der Waals surface area contributed by atoms with Gasteiger partial charge in [-0.25, -0.2) is 0 Å². The first-order valence-electron chi connectivity index (χ1n) is 13.4. The molecule has 0 aliphatic carbocycles. The summed E-state index contributed by atoms with van der Waals surface area (Å²) in [6.45, 7) is 4.90. The molecule has 6 heteroatoms. The summed E-state index contributed by atoms with van der Waals surface area (Å²) in [5.74, 6) is 1.15. The molecule has 0 N–H and O–H groups in total. The quantitative estimate of drug-likeness (QED) is 0.0844. The third kappa shape index (κ3) is 22.6. The SMILES string of the molecule is CC(C)(C)[O-].Sc1ccccc1.[K+].c1ccc(CCSc2ccccc2)cc1.c1ccc(SSc2ccccc2)cc1. The van der Waals surface area contributed by atoms with E-state index in [4.69, 9.17) is 0 Å². The molecule has 5 aromatic rings. The second kappa shape index (κ2) is 24.4. The Labute approximate surface area is 314 Å². The number of thioether (sulfide) groups is 1. The van der Waals surface area contributed by atoms with Gasteiger partial charge in [-0.05, 0) is 60.5 Å². The zero-order chi connectivity index (χ0) is 29.6. The van der Waals surface area contributed by atoms with Crippen molar-refractivity contribution in [2.24, 2.45) is 0 Å². The fraction of sp³-hybridized carbons (Fsp3) is 0.167. The van der Waals surface area contributed by atoms with Gasteiger partial charge in [-0.1, -0.05) is 145 Å². The molecule has 0 bridgehead atoms. The molecule has 5 aromatic carbocycles. The van der Waals surface area contributed by atoms with E-state index < -0.39 is 5.60 Å². The van der Waals surface area contributed by atoms with Crippen LogP contribution in [0, 0.1) is 0 Å². The minimum atomic E-state index is -0.750. The van der Waals surface area contributed by atoms with Crippen LogP contribution in [0.4, 0.5) is 0 Å². The minimum Gasteiger partial charge on any atom is -0.850 e. The van der Waals surface area contributed by atoms with Gasteiger partial charge in [-0.2, -0.15) is 0 Å². The molecular formula is C36H39KOS4. The van der Waals surface area contributed by atoms with E-state index in [0.29, 0.717) is 0 Å². The Morgan fingerprint density at radius 2 is 0.833 bits per heavy atom. The normalized spacial score (nSPS) is 9.83. The molecular weight excluding hydrogens is 616 g/mol. The summed E-state index contributed by atoms with van der Waals surface area (Å²) < 4.78 is 0. The van der Waals surface area contributed by atoms with Crippen LogP contribution in [0.3, 0.4) is 0 Å². The van der Waals surface area contributed by atoms with Crippen molar-refractivity contribution in [3.63, 3.8) is 0 Å². The van der Waals surface area contributed by atoms with E-state index in [1.807, 2.05) is 54.2 Å². The maximum Gasteiger partial charge on any atom is 1.00 e. The summed E-state index contributed by atoms with van der Waals surface area (Å²) >= 11 is 6.00. The number of thiol groups is 1. The van der Waals surface area contributed by atoms with Gasteiger partial charge in [0.25, 0.3) is 0 Å². The summed E-state index contributed by atoms with van der Waals surface area (Å²) in [7, 11) is 3.58. The Morgan fingerprint density at radius 3 is 1.17 bits per heavy atom. The molecule has 0 saturated heterocycles. The summed E-state index contributed by atoms with van der Waals surface area (Å²) in [5, 5.41) is 10.1. The Hall–Kier alpha value is -0.904. The largest absolute Gasteiger partial charge is 1.00 e.